The van der Waals surface area contributed by atoms with E-state index in [0.717, 1.165) is 75.2 Å². The van der Waals surface area contributed by atoms with E-state index in [1.54, 1.807) is 136 Å². The van der Waals surface area contributed by atoms with Gasteiger partial charge >= 0.3 is 11.9 Å². The van der Waals surface area contributed by atoms with E-state index in [4.69, 9.17) is 5.11 Å². The molecule has 0 aromatic heterocycles. The van der Waals surface area contributed by atoms with Crippen LogP contribution < -0.4 is 20.0 Å². The summed E-state index contributed by atoms with van der Waals surface area (Å²) in [6.45, 7) is 4.56. The van der Waals surface area contributed by atoms with Gasteiger partial charge in [0, 0.05) is 60.4 Å². The van der Waals surface area contributed by atoms with E-state index in [-0.39, 0.29) is 66.3 Å². The highest BCUT2D eigenvalue weighted by Gasteiger charge is 2.32. The molecule has 0 aliphatic carbocycles. The number of ketones is 1. The van der Waals surface area contributed by atoms with Crippen molar-refractivity contribution in [3.05, 3.63) is 326 Å². The number of carbonyl (C=O) groups excluding carboxylic acids is 7. The Morgan fingerprint density at radius 2 is 0.898 bits per heavy atom. The Hall–Kier alpha value is -11.0. The molecule has 0 atom stereocenters. The Morgan fingerprint density at radius 3 is 1.39 bits per heavy atom. The van der Waals surface area contributed by atoms with E-state index in [9.17, 15) is 51.5 Å². The number of amides is 4. The minimum atomic E-state index is -1.00. The van der Waals surface area contributed by atoms with Crippen molar-refractivity contribution in [1.82, 2.24) is 10.2 Å². The lowest BCUT2D eigenvalue weighted by atomic mass is 10.1. The minimum Gasteiger partial charge on any atom is -0.478 e. The summed E-state index contributed by atoms with van der Waals surface area (Å²) in [5, 5.41) is 12.0. The fourth-order valence-corrected chi connectivity index (χ4v) is 15.9. The number of methoxy groups -OCH3 is 1. The first-order valence-corrected chi connectivity index (χ1v) is 38.2. The Labute approximate surface area is 641 Å². The van der Waals surface area contributed by atoms with Crippen LogP contribution in [0.5, 0.6) is 0 Å². The Balaban J connectivity index is 0.000000144. The number of hydrogen-bond acceptors (Lipinski definition) is 14. The maximum atomic E-state index is 14.4. The van der Waals surface area contributed by atoms with E-state index in [1.165, 1.54) is 96.0 Å². The van der Waals surface area contributed by atoms with Crippen LogP contribution >= 0.6 is 47.0 Å². The molecule has 1 fully saturated rings. The van der Waals surface area contributed by atoms with E-state index < -0.39 is 11.9 Å². The number of halogens is 3. The van der Waals surface area contributed by atoms with Gasteiger partial charge < -0.3 is 34.8 Å². The molecule has 108 heavy (non-hydrogen) atoms. The van der Waals surface area contributed by atoms with Crippen molar-refractivity contribution in [2.45, 2.75) is 64.9 Å². The predicted octanol–water partition coefficient (Wildman–Crippen LogP) is 17.6. The highest BCUT2D eigenvalue weighted by atomic mass is 32.2. The summed E-state index contributed by atoms with van der Waals surface area (Å²) in [6, 6.07) is 70.3. The number of anilines is 3. The Kier molecular flexibility index (Phi) is 27.8. The third-order valence-corrected chi connectivity index (χ3v) is 22.0. The molecule has 15 rings (SSSR count). The molecule has 0 bridgehead atoms. The number of ether oxygens (including phenoxy) is 1. The van der Waals surface area contributed by atoms with Gasteiger partial charge in [-0.05, 0) is 165 Å². The fourth-order valence-electron chi connectivity index (χ4n) is 12.0. The van der Waals surface area contributed by atoms with Crippen molar-refractivity contribution in [2.75, 3.05) is 59.5 Å². The van der Waals surface area contributed by atoms with Crippen LogP contribution in [-0.2, 0) is 50.0 Å². The molecule has 2 N–H and O–H groups in total. The number of nitrogens with zero attached hydrogens (tertiary/aromatic N) is 4. The van der Waals surface area contributed by atoms with Gasteiger partial charge in [-0.2, -0.15) is 0 Å². The maximum absolute atomic E-state index is 14.4. The molecule has 5 aliphatic heterocycles. The number of Topliss-reactive ketones (excluding diaryl/α,β-unsaturated/α-hetero) is 1. The van der Waals surface area contributed by atoms with Gasteiger partial charge in [-0.15, -0.1) is 23.5 Å². The molecule has 22 heteroatoms. The van der Waals surface area contributed by atoms with Gasteiger partial charge in [0.15, 0.2) is 0 Å². The van der Waals surface area contributed by atoms with Crippen LogP contribution in [0.3, 0.4) is 0 Å². The molecule has 0 unspecified atom stereocenters. The average Bonchev–Trinajstić information content (AvgIpc) is 0.807. The highest BCUT2D eigenvalue weighted by Crippen LogP contribution is 2.45. The first kappa shape index (κ1) is 78.1. The second-order valence-corrected chi connectivity index (χ2v) is 29.2. The van der Waals surface area contributed by atoms with Crippen LogP contribution in [0.4, 0.5) is 30.2 Å². The summed E-state index contributed by atoms with van der Waals surface area (Å²) in [7, 11) is 1.32. The minimum absolute atomic E-state index is 0.0203. The first-order chi connectivity index (χ1) is 52.5. The van der Waals surface area contributed by atoms with E-state index in [2.05, 4.69) is 21.0 Å². The molecule has 15 nitrogen and oxygen atoms in total. The van der Waals surface area contributed by atoms with Gasteiger partial charge in [0.1, 0.15) is 29.5 Å². The SMILES string of the molecule is COC(=O)c1ccc(C=O)cc1.O=C(NCCCN1CCCC1)c1ccc(/C=C2\Sc3ccccc3N(Cc3ccccc3F)C2=O)cc1.O=C(O)c1ccc(/C=C2\Sc3ccccc3N(Cc3ccccc3F)C2=O)cc1.O=C1CSc2ccccc2C1.O=C1CSc2ccccc2N1Cc1ccccc1F. The number of nitrogens with one attached hydrogen (secondary N) is 1. The first-order valence-electron chi connectivity index (χ1n) is 34.6. The number of aromatic carboxylic acids is 1. The summed E-state index contributed by atoms with van der Waals surface area (Å²) in [6.07, 6.45) is 8.40. The second kappa shape index (κ2) is 38.5. The summed E-state index contributed by atoms with van der Waals surface area (Å²) in [5.74, 6) is -1.42. The summed E-state index contributed by atoms with van der Waals surface area (Å²) in [4.78, 5) is 107. The number of carbonyl (C=O) groups is 8. The number of carboxylic acids is 1. The topological polar surface area (TPSA) is 191 Å². The van der Waals surface area contributed by atoms with Crippen LogP contribution in [0, 0.1) is 17.5 Å². The van der Waals surface area contributed by atoms with Gasteiger partial charge in [-0.25, -0.2) is 22.8 Å². The number of aldehydes is 1. The second-order valence-electron chi connectivity index (χ2n) is 25.0. The number of likely N-dealkylation sites (tertiary alicyclic amines) is 1. The number of hydrogen-bond donors (Lipinski definition) is 2. The smallest absolute Gasteiger partial charge is 0.337 e. The van der Waals surface area contributed by atoms with Crippen molar-refractivity contribution >= 4 is 124 Å². The lowest BCUT2D eigenvalue weighted by molar-refractivity contribution is -0.117. The van der Waals surface area contributed by atoms with Gasteiger partial charge in [-0.1, -0.05) is 169 Å². The van der Waals surface area contributed by atoms with Crippen LogP contribution in [0.2, 0.25) is 0 Å². The van der Waals surface area contributed by atoms with Crippen LogP contribution in [0.15, 0.2) is 272 Å². The van der Waals surface area contributed by atoms with Gasteiger partial charge in [0.25, 0.3) is 17.7 Å². The number of carboxylic acid groups (broad SMARTS) is 1. The molecule has 0 saturated carbocycles. The number of para-hydroxylation sites is 3. The zero-order valence-electron chi connectivity index (χ0n) is 58.7. The fraction of sp³-hybridized carbons (Fsp3) is 0.163. The third kappa shape index (κ3) is 21.0. The number of benzene rings is 10. The zero-order chi connectivity index (χ0) is 75.9. The Morgan fingerprint density at radius 1 is 0.481 bits per heavy atom. The molecule has 0 radical (unpaired) electrons. The zero-order valence-corrected chi connectivity index (χ0v) is 62.0. The van der Waals surface area contributed by atoms with Crippen molar-refractivity contribution in [2.24, 2.45) is 0 Å². The molecular formula is C86H74F3N5O10S4. The van der Waals surface area contributed by atoms with Crippen molar-refractivity contribution in [3.8, 4) is 0 Å². The summed E-state index contributed by atoms with van der Waals surface area (Å²) in [5.41, 5.74) is 8.32. The monoisotopic (exact) mass is 1520 g/mol. The van der Waals surface area contributed by atoms with Crippen LogP contribution in [0.1, 0.15) is 94.1 Å². The molecule has 548 valence electrons. The average molecular weight is 1520 g/mol. The lowest BCUT2D eigenvalue weighted by Crippen LogP contribution is -2.35. The van der Waals surface area contributed by atoms with Gasteiger partial charge in [-0.3, -0.25) is 28.8 Å². The predicted molar refractivity (Wildman–Crippen MR) is 422 cm³/mol. The molecule has 1 saturated heterocycles. The molecule has 4 amide bonds. The summed E-state index contributed by atoms with van der Waals surface area (Å²) >= 11 is 5.93. The maximum Gasteiger partial charge on any atom is 0.337 e. The number of fused-ring (bicyclic) bond motifs is 4. The van der Waals surface area contributed by atoms with Gasteiger partial charge in [0.05, 0.1) is 76.2 Å². The molecule has 0 spiro atoms. The van der Waals surface area contributed by atoms with E-state index in [1.807, 2.05) is 109 Å². The normalized spacial score (nSPS) is 14.9. The number of esters is 1. The number of thioether (sulfide) groups is 4. The van der Waals surface area contributed by atoms with Crippen LogP contribution in [0.25, 0.3) is 12.2 Å². The third-order valence-electron chi connectivity index (χ3n) is 17.6. The molecule has 10 aromatic rings. The highest BCUT2D eigenvalue weighted by molar-refractivity contribution is 8.04. The van der Waals surface area contributed by atoms with E-state index >= 15 is 0 Å². The molecular weight excluding hydrogens is 1450 g/mol. The Bertz CT molecular complexity index is 4980. The molecule has 5 aliphatic rings. The summed E-state index contributed by atoms with van der Waals surface area (Å²) < 4.78 is 46.7. The van der Waals surface area contributed by atoms with Crippen molar-refractivity contribution in [1.29, 1.82) is 0 Å². The largest absolute Gasteiger partial charge is 0.478 e. The molecule has 5 heterocycles. The quantitative estimate of drug-likeness (QED) is 0.0402. The van der Waals surface area contributed by atoms with E-state index in [0.29, 0.717) is 73.4 Å². The van der Waals surface area contributed by atoms with Crippen LogP contribution in [-0.4, -0.2) is 102 Å². The number of rotatable bonds is 16. The van der Waals surface area contributed by atoms with Gasteiger partial charge in [0.2, 0.25) is 5.91 Å². The van der Waals surface area contributed by atoms with Crippen molar-refractivity contribution in [3.63, 3.8) is 0 Å². The van der Waals surface area contributed by atoms with Crippen molar-refractivity contribution < 1.29 is 61.4 Å². The lowest BCUT2D eigenvalue weighted by Gasteiger charge is -2.30. The molecule has 10 aromatic carbocycles. The standard InChI is InChI=1S/C30H30FN3O2S.C23H16FNO3S.C15H12FNOS.C9H8O3.C9H8OS/c31-25-9-2-1-8-24(25)21-34-26-10-3-4-11-27(26)37-28(30(34)36)20-22-12-14-23(15-13-22)29(35)32-16-7-19-33-17-5-6-18-33;24-18-6-2-1-5-17(18)14-25-19-7-3-4-8-20(19)29-21(22(25)26)13-15-9-11-16(12-10-15)23(27)28;16-12-6-2-1-5-11(12)9-17-13-7-3-4-8-14(13)19-10-15(17)18;1-12-9(11)8-4-2-7(6-10)3-5-8;10-8-5-7-3-1-2-4-9(7)11-6-8/h1-4,8-15,20H,5-7,16-19,21H2,(H,32,35);1-13H,14H2,(H,27,28);1-8H,9-10H2;2-6H,1H3;1-4H,5-6H2/b28-20-;21-13-;;;.